The second-order valence-corrected chi connectivity index (χ2v) is 7.18. The molecule has 0 N–H and O–H groups in total. The number of methoxy groups -OCH3 is 2. The lowest BCUT2D eigenvalue weighted by Gasteiger charge is -2.38. The van der Waals surface area contributed by atoms with Gasteiger partial charge in [0.15, 0.2) is 0 Å². The molecule has 1 saturated heterocycles. The minimum Gasteiger partial charge on any atom is -0.496 e. The van der Waals surface area contributed by atoms with E-state index >= 15 is 0 Å². The molecule has 1 unspecified atom stereocenters. The molecule has 1 aliphatic rings. The van der Waals surface area contributed by atoms with E-state index in [4.69, 9.17) is 9.47 Å². The Morgan fingerprint density at radius 1 is 1.07 bits per heavy atom. The van der Waals surface area contributed by atoms with Crippen LogP contribution >= 0.6 is 0 Å². The lowest BCUT2D eigenvalue weighted by molar-refractivity contribution is 0.105. The van der Waals surface area contributed by atoms with E-state index in [1.807, 2.05) is 30.3 Å². The van der Waals surface area contributed by atoms with Gasteiger partial charge in [0.25, 0.3) is 0 Å². The van der Waals surface area contributed by atoms with Crippen molar-refractivity contribution < 1.29 is 13.9 Å². The lowest BCUT2D eigenvalue weighted by atomic mass is 10.0. The summed E-state index contributed by atoms with van der Waals surface area (Å²) >= 11 is 0. The number of hydrogen-bond donors (Lipinski definition) is 0. The predicted octanol–water partition coefficient (Wildman–Crippen LogP) is 3.94. The Morgan fingerprint density at radius 3 is 2.44 bits per heavy atom. The van der Waals surface area contributed by atoms with Gasteiger partial charge in [-0.05, 0) is 44.6 Å². The molecule has 1 atom stereocenters. The van der Waals surface area contributed by atoms with Gasteiger partial charge in [0.05, 0.1) is 19.8 Å². The highest BCUT2D eigenvalue weighted by atomic mass is 19.1. The molecular weight excluding hydrogens is 343 g/mol. The van der Waals surface area contributed by atoms with Crippen LogP contribution in [0.2, 0.25) is 0 Å². The van der Waals surface area contributed by atoms with E-state index in [2.05, 4.69) is 16.8 Å². The normalized spacial score (nSPS) is 17.9. The van der Waals surface area contributed by atoms with Gasteiger partial charge in [-0.25, -0.2) is 4.39 Å². The van der Waals surface area contributed by atoms with Gasteiger partial charge in [-0.2, -0.15) is 0 Å². The third-order valence-corrected chi connectivity index (χ3v) is 5.39. The van der Waals surface area contributed by atoms with Crippen molar-refractivity contribution in [1.82, 2.24) is 9.80 Å². The van der Waals surface area contributed by atoms with Crippen LogP contribution in [0.25, 0.3) is 0 Å². The zero-order valence-corrected chi connectivity index (χ0v) is 16.5. The molecule has 0 saturated carbocycles. The second kappa shape index (κ2) is 9.20. The van der Waals surface area contributed by atoms with Gasteiger partial charge < -0.3 is 9.47 Å². The monoisotopic (exact) mass is 372 g/mol. The zero-order valence-electron chi connectivity index (χ0n) is 16.5. The lowest BCUT2D eigenvalue weighted by Crippen LogP contribution is -2.45. The number of halogens is 1. The van der Waals surface area contributed by atoms with E-state index in [1.54, 1.807) is 20.3 Å². The van der Waals surface area contributed by atoms with Crippen molar-refractivity contribution in [1.29, 1.82) is 0 Å². The van der Waals surface area contributed by atoms with E-state index < -0.39 is 0 Å². The molecule has 5 heteroatoms. The molecule has 27 heavy (non-hydrogen) atoms. The highest BCUT2D eigenvalue weighted by molar-refractivity contribution is 5.44. The average molecular weight is 372 g/mol. The maximum atomic E-state index is 14.0. The van der Waals surface area contributed by atoms with Gasteiger partial charge in [0.1, 0.15) is 17.3 Å². The maximum absolute atomic E-state index is 14.0. The van der Waals surface area contributed by atoms with Crippen molar-refractivity contribution in [3.05, 3.63) is 59.4 Å². The van der Waals surface area contributed by atoms with Gasteiger partial charge in [0, 0.05) is 31.2 Å². The fraction of sp³-hybridized carbons (Fsp3) is 0.455. The van der Waals surface area contributed by atoms with Crippen LogP contribution in [0.15, 0.2) is 42.5 Å². The average Bonchev–Trinajstić information content (AvgIpc) is 2.70. The van der Waals surface area contributed by atoms with E-state index in [-0.39, 0.29) is 5.82 Å². The number of likely N-dealkylation sites (N-methyl/N-ethyl adjacent to an activating group) is 1. The highest BCUT2D eigenvalue weighted by Gasteiger charge is 2.25. The molecule has 0 aromatic heterocycles. The summed E-state index contributed by atoms with van der Waals surface area (Å²) in [5, 5.41) is 0. The van der Waals surface area contributed by atoms with Crippen LogP contribution in [0.3, 0.4) is 0 Å². The fourth-order valence-corrected chi connectivity index (χ4v) is 3.86. The van der Waals surface area contributed by atoms with Gasteiger partial charge in [-0.1, -0.05) is 24.3 Å². The van der Waals surface area contributed by atoms with E-state index in [0.717, 1.165) is 55.1 Å². The van der Waals surface area contributed by atoms with Crippen LogP contribution in [-0.4, -0.2) is 50.2 Å². The molecule has 4 nitrogen and oxygen atoms in total. The van der Waals surface area contributed by atoms with E-state index in [1.165, 1.54) is 6.07 Å². The third kappa shape index (κ3) is 4.79. The van der Waals surface area contributed by atoms with Crippen molar-refractivity contribution in [2.24, 2.45) is 0 Å². The minimum absolute atomic E-state index is 0.119. The van der Waals surface area contributed by atoms with Crippen LogP contribution in [0.4, 0.5) is 4.39 Å². The topological polar surface area (TPSA) is 24.9 Å². The van der Waals surface area contributed by atoms with Crippen molar-refractivity contribution >= 4 is 0 Å². The highest BCUT2D eigenvalue weighted by Crippen LogP contribution is 2.30. The Balaban J connectivity index is 1.67. The third-order valence-electron chi connectivity index (χ3n) is 5.39. The standard InChI is InChI=1S/C22H29FN2O2/c1-24(16-19-21(26-2)11-6-12-22(19)27-3)18-9-7-13-25(15-18)14-17-8-4-5-10-20(17)23/h4-6,8,10-12,18H,7,9,13-16H2,1-3H3. The summed E-state index contributed by atoms with van der Waals surface area (Å²) in [6.07, 6.45) is 2.26. The molecule has 0 radical (unpaired) electrons. The molecule has 0 amide bonds. The molecule has 2 aromatic rings. The molecule has 1 fully saturated rings. The zero-order chi connectivity index (χ0) is 19.2. The molecule has 146 valence electrons. The summed E-state index contributed by atoms with van der Waals surface area (Å²) in [6, 6.07) is 13.4. The molecule has 3 rings (SSSR count). The summed E-state index contributed by atoms with van der Waals surface area (Å²) in [7, 11) is 5.52. The molecular formula is C22H29FN2O2. The molecule has 0 aliphatic carbocycles. The van der Waals surface area contributed by atoms with Crippen LogP contribution in [0.1, 0.15) is 24.0 Å². The molecule has 0 spiro atoms. The molecule has 0 bridgehead atoms. The Labute approximate surface area is 161 Å². The Morgan fingerprint density at radius 2 is 1.78 bits per heavy atom. The van der Waals surface area contributed by atoms with Gasteiger partial charge in [-0.3, -0.25) is 9.80 Å². The van der Waals surface area contributed by atoms with Crippen LogP contribution in [-0.2, 0) is 13.1 Å². The largest absolute Gasteiger partial charge is 0.496 e. The van der Waals surface area contributed by atoms with Crippen molar-refractivity contribution in [2.45, 2.75) is 32.0 Å². The van der Waals surface area contributed by atoms with Crippen LogP contribution in [0, 0.1) is 5.82 Å². The van der Waals surface area contributed by atoms with Gasteiger partial charge in [-0.15, -0.1) is 0 Å². The van der Waals surface area contributed by atoms with Crippen molar-refractivity contribution in [2.75, 3.05) is 34.4 Å². The minimum atomic E-state index is -0.119. The van der Waals surface area contributed by atoms with Gasteiger partial charge >= 0.3 is 0 Å². The van der Waals surface area contributed by atoms with Crippen LogP contribution in [0.5, 0.6) is 11.5 Å². The quantitative estimate of drug-likeness (QED) is 0.735. The van der Waals surface area contributed by atoms with Crippen LogP contribution < -0.4 is 9.47 Å². The summed E-state index contributed by atoms with van der Waals surface area (Å²) < 4.78 is 25.1. The summed E-state index contributed by atoms with van der Waals surface area (Å²) in [4.78, 5) is 4.70. The number of hydrogen-bond acceptors (Lipinski definition) is 4. The molecule has 1 aliphatic heterocycles. The first-order valence-electron chi connectivity index (χ1n) is 9.48. The number of benzene rings is 2. The first kappa shape index (κ1) is 19.6. The Hall–Kier alpha value is -2.11. The SMILES string of the molecule is COc1cccc(OC)c1CN(C)C1CCCN(Cc2ccccc2F)C1. The Bertz CT molecular complexity index is 731. The summed E-state index contributed by atoms with van der Waals surface area (Å²) in [5.74, 6) is 1.58. The maximum Gasteiger partial charge on any atom is 0.127 e. The smallest absolute Gasteiger partial charge is 0.127 e. The van der Waals surface area contributed by atoms with Gasteiger partial charge in [0.2, 0.25) is 0 Å². The Kier molecular flexibility index (Phi) is 6.69. The summed E-state index contributed by atoms with van der Waals surface area (Å²) in [6.45, 7) is 3.36. The first-order chi connectivity index (χ1) is 13.1. The predicted molar refractivity (Wildman–Crippen MR) is 106 cm³/mol. The molecule has 2 aromatic carbocycles. The van der Waals surface area contributed by atoms with Crippen molar-refractivity contribution in [3.63, 3.8) is 0 Å². The van der Waals surface area contributed by atoms with E-state index in [9.17, 15) is 4.39 Å². The molecule has 1 heterocycles. The van der Waals surface area contributed by atoms with Crippen molar-refractivity contribution in [3.8, 4) is 11.5 Å². The number of likely N-dealkylation sites (tertiary alicyclic amines) is 1. The summed E-state index contributed by atoms with van der Waals surface area (Å²) in [5.41, 5.74) is 1.84. The fourth-order valence-electron chi connectivity index (χ4n) is 3.86. The number of rotatable bonds is 7. The van der Waals surface area contributed by atoms with E-state index in [0.29, 0.717) is 12.6 Å². The second-order valence-electron chi connectivity index (χ2n) is 7.18. The number of piperidine rings is 1. The first-order valence-corrected chi connectivity index (χ1v) is 9.48. The number of nitrogens with zero attached hydrogens (tertiary/aromatic N) is 2. The number of ether oxygens (including phenoxy) is 2.